The predicted molar refractivity (Wildman–Crippen MR) is 90.9 cm³/mol. The lowest BCUT2D eigenvalue weighted by Gasteiger charge is -2.20. The van der Waals surface area contributed by atoms with Crippen LogP contribution < -0.4 is 10.2 Å². The van der Waals surface area contributed by atoms with Gasteiger partial charge in [-0.15, -0.1) is 0 Å². The van der Waals surface area contributed by atoms with Crippen LogP contribution in [0.2, 0.25) is 5.15 Å². The molecule has 1 spiro atoms. The van der Waals surface area contributed by atoms with Gasteiger partial charge in [-0.1, -0.05) is 22.9 Å². The average molecular weight is 404 g/mol. The first kappa shape index (κ1) is 17.5. The molecule has 2 aromatic rings. The smallest absolute Gasteiger partial charge is 0.313 e. The number of thiazole rings is 1. The Bertz CT molecular complexity index is 896. The third kappa shape index (κ3) is 2.90. The van der Waals surface area contributed by atoms with Gasteiger partial charge < -0.3 is 5.32 Å². The van der Waals surface area contributed by atoms with Crippen molar-refractivity contribution in [3.05, 3.63) is 22.6 Å². The van der Waals surface area contributed by atoms with Crippen LogP contribution in [0.1, 0.15) is 36.9 Å². The minimum absolute atomic E-state index is 0.0125. The Hall–Kier alpha value is -1.94. The number of carbonyl (C=O) groups excluding carboxylic acids is 1. The van der Waals surface area contributed by atoms with Crippen LogP contribution in [-0.2, 0) is 11.0 Å². The van der Waals surface area contributed by atoms with Crippen molar-refractivity contribution in [1.82, 2.24) is 15.0 Å². The monoisotopic (exact) mass is 403 g/mol. The Kier molecular flexibility index (Phi) is 3.88. The van der Waals surface area contributed by atoms with Crippen LogP contribution >= 0.6 is 22.9 Å². The van der Waals surface area contributed by atoms with Gasteiger partial charge >= 0.3 is 6.18 Å². The summed E-state index contributed by atoms with van der Waals surface area (Å²) in [4.78, 5) is 25.7. The number of nitrogens with one attached hydrogen (secondary N) is 1. The molecule has 0 radical (unpaired) electrons. The maximum Gasteiger partial charge on any atom is 0.419 e. The molecule has 0 unspecified atom stereocenters. The van der Waals surface area contributed by atoms with Gasteiger partial charge in [0.2, 0.25) is 11.9 Å². The lowest BCUT2D eigenvalue weighted by Crippen LogP contribution is -2.34. The zero-order valence-electron chi connectivity index (χ0n) is 13.5. The van der Waals surface area contributed by atoms with E-state index >= 15 is 0 Å². The molecule has 2 aliphatic rings. The number of rotatable bonds is 3. The summed E-state index contributed by atoms with van der Waals surface area (Å²) in [5.74, 6) is 0.00238. The van der Waals surface area contributed by atoms with Gasteiger partial charge in [-0.25, -0.2) is 15.0 Å². The van der Waals surface area contributed by atoms with Crippen molar-refractivity contribution in [1.29, 1.82) is 0 Å². The number of hydrogen-bond donors (Lipinski definition) is 1. The molecule has 26 heavy (non-hydrogen) atoms. The van der Waals surface area contributed by atoms with Crippen molar-refractivity contribution >= 4 is 44.9 Å². The molecule has 1 aliphatic heterocycles. The van der Waals surface area contributed by atoms with Crippen LogP contribution in [0.4, 0.5) is 29.3 Å². The third-order valence-corrected chi connectivity index (χ3v) is 5.97. The lowest BCUT2D eigenvalue weighted by molar-refractivity contribution is -0.138. The second-order valence-electron chi connectivity index (χ2n) is 6.39. The van der Waals surface area contributed by atoms with Gasteiger partial charge in [0.1, 0.15) is 5.00 Å². The Labute approximate surface area is 155 Å². The summed E-state index contributed by atoms with van der Waals surface area (Å²) in [5, 5.41) is 3.79. The fourth-order valence-corrected chi connectivity index (χ4v) is 4.40. The summed E-state index contributed by atoms with van der Waals surface area (Å²) in [6, 6.07) is 0. The molecular formula is C15H13ClF3N5OS. The molecule has 0 bridgehead atoms. The highest BCUT2D eigenvalue weighted by molar-refractivity contribution is 7.20. The van der Waals surface area contributed by atoms with E-state index in [1.165, 1.54) is 6.92 Å². The van der Waals surface area contributed by atoms with E-state index in [0.29, 0.717) is 16.6 Å². The summed E-state index contributed by atoms with van der Waals surface area (Å²) in [6.07, 6.45) is -0.593. The summed E-state index contributed by atoms with van der Waals surface area (Å²) >= 11 is 7.30. The highest BCUT2D eigenvalue weighted by Gasteiger charge is 2.55. The topological polar surface area (TPSA) is 71.0 Å². The maximum absolute atomic E-state index is 12.8. The number of nitrogens with zero attached hydrogens (tertiary/aromatic N) is 4. The van der Waals surface area contributed by atoms with E-state index in [1.807, 2.05) is 0 Å². The van der Waals surface area contributed by atoms with Gasteiger partial charge in [-0.3, -0.25) is 9.69 Å². The van der Waals surface area contributed by atoms with Crippen molar-refractivity contribution in [2.45, 2.75) is 44.3 Å². The van der Waals surface area contributed by atoms with E-state index in [4.69, 9.17) is 11.6 Å². The minimum Gasteiger partial charge on any atom is -0.313 e. The number of hydrogen-bond acceptors (Lipinski definition) is 6. The highest BCUT2D eigenvalue weighted by Crippen LogP contribution is 2.53. The molecule has 6 nitrogen and oxygen atoms in total. The van der Waals surface area contributed by atoms with Gasteiger partial charge in [-0.2, -0.15) is 13.2 Å². The van der Waals surface area contributed by atoms with Crippen molar-refractivity contribution in [2.24, 2.45) is 0 Å². The Morgan fingerprint density at radius 3 is 2.65 bits per heavy atom. The molecule has 11 heteroatoms. The summed E-state index contributed by atoms with van der Waals surface area (Å²) in [6.45, 7) is 1.26. The van der Waals surface area contributed by atoms with Gasteiger partial charge in [0, 0.05) is 12.6 Å². The summed E-state index contributed by atoms with van der Waals surface area (Å²) in [5.41, 5.74) is -1.21. The molecule has 1 N–H and O–H groups in total. The number of anilines is 3. The molecule has 4 rings (SSSR count). The SMILES string of the molecule is Cc1nc(Nc2sc(N3C(=O)CCC34CC4)nc2Cl)ncc1C(F)(F)F. The normalized spacial score (nSPS) is 18.7. The van der Waals surface area contributed by atoms with Gasteiger partial charge in [0.15, 0.2) is 10.3 Å². The molecule has 1 saturated heterocycles. The number of amides is 1. The number of halogens is 4. The first-order valence-electron chi connectivity index (χ1n) is 7.87. The molecule has 1 aliphatic carbocycles. The van der Waals surface area contributed by atoms with Crippen LogP contribution in [-0.4, -0.2) is 26.4 Å². The number of carbonyl (C=O) groups is 1. The highest BCUT2D eigenvalue weighted by atomic mass is 35.5. The standard InChI is InChI=1S/C15H13ClF3N5OS/c1-7-8(15(17,18)19)6-20-12(21-7)23-11-10(16)22-13(26-11)24-9(25)2-3-14(24)4-5-14/h6H,2-5H2,1H3,(H,20,21,23). The lowest BCUT2D eigenvalue weighted by atomic mass is 10.2. The number of aryl methyl sites for hydroxylation is 1. The van der Waals surface area contributed by atoms with E-state index in [2.05, 4.69) is 20.3 Å². The van der Waals surface area contributed by atoms with Crippen LogP contribution in [0, 0.1) is 6.92 Å². The van der Waals surface area contributed by atoms with Crippen molar-refractivity contribution in [3.63, 3.8) is 0 Å². The van der Waals surface area contributed by atoms with Crippen LogP contribution in [0.25, 0.3) is 0 Å². The summed E-state index contributed by atoms with van der Waals surface area (Å²) < 4.78 is 38.4. The van der Waals surface area contributed by atoms with E-state index in [1.54, 1.807) is 4.90 Å². The molecule has 1 saturated carbocycles. The van der Waals surface area contributed by atoms with E-state index in [-0.39, 0.29) is 28.2 Å². The van der Waals surface area contributed by atoms with Gasteiger partial charge in [-0.05, 0) is 26.2 Å². The molecule has 0 atom stereocenters. The average Bonchev–Trinajstić information content (AvgIpc) is 3.12. The fourth-order valence-electron chi connectivity index (χ4n) is 3.13. The second kappa shape index (κ2) is 5.78. The van der Waals surface area contributed by atoms with Crippen molar-refractivity contribution in [3.8, 4) is 0 Å². The van der Waals surface area contributed by atoms with Crippen LogP contribution in [0.3, 0.4) is 0 Å². The summed E-state index contributed by atoms with van der Waals surface area (Å²) in [7, 11) is 0. The van der Waals surface area contributed by atoms with E-state index in [9.17, 15) is 18.0 Å². The first-order chi connectivity index (χ1) is 12.2. The number of alkyl halides is 3. The Balaban J connectivity index is 1.59. The Morgan fingerprint density at radius 1 is 1.31 bits per heavy atom. The van der Waals surface area contributed by atoms with Crippen molar-refractivity contribution in [2.75, 3.05) is 10.2 Å². The molecule has 0 aromatic carbocycles. The molecular weight excluding hydrogens is 391 g/mol. The molecule has 138 valence electrons. The molecule has 2 aromatic heterocycles. The fraction of sp³-hybridized carbons (Fsp3) is 0.467. The predicted octanol–water partition coefficient (Wildman–Crippen LogP) is 4.32. The molecule has 2 fully saturated rings. The van der Waals surface area contributed by atoms with Gasteiger partial charge in [0.05, 0.1) is 16.8 Å². The first-order valence-corrected chi connectivity index (χ1v) is 9.06. The van der Waals surface area contributed by atoms with Gasteiger partial charge in [0.25, 0.3) is 0 Å². The van der Waals surface area contributed by atoms with Crippen molar-refractivity contribution < 1.29 is 18.0 Å². The zero-order chi connectivity index (χ0) is 18.7. The largest absolute Gasteiger partial charge is 0.419 e. The quantitative estimate of drug-likeness (QED) is 0.826. The van der Waals surface area contributed by atoms with E-state index < -0.39 is 11.7 Å². The minimum atomic E-state index is -4.51. The van der Waals surface area contributed by atoms with E-state index in [0.717, 1.165) is 36.8 Å². The molecule has 3 heterocycles. The third-order valence-electron chi connectivity index (χ3n) is 4.63. The Morgan fingerprint density at radius 2 is 2.04 bits per heavy atom. The van der Waals surface area contributed by atoms with Crippen LogP contribution in [0.5, 0.6) is 0 Å². The molecule has 1 amide bonds. The second-order valence-corrected chi connectivity index (χ2v) is 7.72. The maximum atomic E-state index is 12.8. The zero-order valence-corrected chi connectivity index (χ0v) is 15.1. The van der Waals surface area contributed by atoms with Crippen LogP contribution in [0.15, 0.2) is 6.20 Å². The number of aromatic nitrogens is 3.